The van der Waals surface area contributed by atoms with Gasteiger partial charge in [-0.3, -0.25) is 9.29 Å². The number of alkyl halides is 2. The van der Waals surface area contributed by atoms with Crippen LogP contribution < -0.4 is 9.04 Å². The van der Waals surface area contributed by atoms with Gasteiger partial charge in [0, 0.05) is 18.5 Å². The molecule has 0 saturated carbocycles. The molecule has 1 heterocycles. The Bertz CT molecular complexity index is 814. The standard InChI is InChI=1S/C18H22F2N2O3S/c1-3-4-15-5-6-16(11-17(15)25-13-18(19)20)22(26(2,23)24)12-14-7-9-21-10-8-14/h5-11,18H,3-4,12-13H2,1-2H3. The van der Waals surface area contributed by atoms with Gasteiger partial charge >= 0.3 is 0 Å². The highest BCUT2D eigenvalue weighted by Gasteiger charge is 2.20. The maximum atomic E-state index is 12.5. The van der Waals surface area contributed by atoms with E-state index in [1.165, 1.54) is 10.4 Å². The number of nitrogens with zero attached hydrogens (tertiary/aromatic N) is 2. The molecule has 0 atom stereocenters. The molecule has 8 heteroatoms. The highest BCUT2D eigenvalue weighted by atomic mass is 32.2. The van der Waals surface area contributed by atoms with Gasteiger partial charge in [0.05, 0.1) is 18.5 Å². The topological polar surface area (TPSA) is 59.5 Å². The van der Waals surface area contributed by atoms with Crippen molar-refractivity contribution in [3.05, 3.63) is 53.9 Å². The molecule has 2 rings (SSSR count). The van der Waals surface area contributed by atoms with Crippen molar-refractivity contribution in [1.82, 2.24) is 4.98 Å². The molecular formula is C18H22F2N2O3S. The van der Waals surface area contributed by atoms with E-state index in [-0.39, 0.29) is 12.3 Å². The zero-order valence-electron chi connectivity index (χ0n) is 14.7. The summed E-state index contributed by atoms with van der Waals surface area (Å²) in [5, 5.41) is 0. The van der Waals surface area contributed by atoms with E-state index in [1.54, 1.807) is 36.7 Å². The van der Waals surface area contributed by atoms with E-state index in [0.29, 0.717) is 12.1 Å². The lowest BCUT2D eigenvalue weighted by atomic mass is 10.1. The summed E-state index contributed by atoms with van der Waals surface area (Å²) in [7, 11) is -3.58. The van der Waals surface area contributed by atoms with E-state index in [9.17, 15) is 17.2 Å². The minimum atomic E-state index is -3.58. The van der Waals surface area contributed by atoms with Crippen LogP contribution in [0.2, 0.25) is 0 Å². The molecule has 0 aliphatic heterocycles. The summed E-state index contributed by atoms with van der Waals surface area (Å²) in [4.78, 5) is 3.92. The van der Waals surface area contributed by atoms with Crippen LogP contribution in [0.25, 0.3) is 0 Å². The maximum Gasteiger partial charge on any atom is 0.272 e. The monoisotopic (exact) mass is 384 g/mol. The average Bonchev–Trinajstić information content (AvgIpc) is 2.59. The summed E-state index contributed by atoms with van der Waals surface area (Å²) in [6, 6.07) is 8.35. The molecule has 142 valence electrons. The number of hydrogen-bond acceptors (Lipinski definition) is 4. The number of rotatable bonds is 9. The molecule has 0 bridgehead atoms. The molecule has 1 aromatic heterocycles. The molecule has 2 aromatic rings. The molecule has 0 aliphatic rings. The van der Waals surface area contributed by atoms with E-state index in [0.717, 1.165) is 23.8 Å². The molecule has 0 radical (unpaired) electrons. The molecule has 5 nitrogen and oxygen atoms in total. The summed E-state index contributed by atoms with van der Waals surface area (Å²) in [5.74, 6) is 0.285. The van der Waals surface area contributed by atoms with Crippen LogP contribution in [0.1, 0.15) is 24.5 Å². The molecular weight excluding hydrogens is 362 g/mol. The van der Waals surface area contributed by atoms with Crippen molar-refractivity contribution in [1.29, 1.82) is 0 Å². The van der Waals surface area contributed by atoms with Crippen LogP contribution in [0.4, 0.5) is 14.5 Å². The normalized spacial score (nSPS) is 11.6. The van der Waals surface area contributed by atoms with Crippen LogP contribution in [0, 0.1) is 0 Å². The molecule has 0 amide bonds. The van der Waals surface area contributed by atoms with Crippen LogP contribution >= 0.6 is 0 Å². The number of aromatic nitrogens is 1. The van der Waals surface area contributed by atoms with Gasteiger partial charge in [0.25, 0.3) is 6.43 Å². The van der Waals surface area contributed by atoms with Crippen LogP contribution in [-0.2, 0) is 23.0 Å². The first-order valence-corrected chi connectivity index (χ1v) is 10.1. The fourth-order valence-electron chi connectivity index (χ4n) is 2.52. The number of halogens is 2. The fourth-order valence-corrected chi connectivity index (χ4v) is 3.40. The van der Waals surface area contributed by atoms with Gasteiger partial charge in [0.1, 0.15) is 12.4 Å². The van der Waals surface area contributed by atoms with Crippen molar-refractivity contribution >= 4 is 15.7 Å². The minimum absolute atomic E-state index is 0.114. The largest absolute Gasteiger partial charge is 0.487 e. The van der Waals surface area contributed by atoms with Crippen molar-refractivity contribution in [3.63, 3.8) is 0 Å². The first kappa shape index (κ1) is 20.1. The van der Waals surface area contributed by atoms with E-state index >= 15 is 0 Å². The Morgan fingerprint density at radius 2 is 1.88 bits per heavy atom. The Hall–Kier alpha value is -2.22. The van der Waals surface area contributed by atoms with Crippen LogP contribution in [0.15, 0.2) is 42.7 Å². The van der Waals surface area contributed by atoms with Gasteiger partial charge in [-0.2, -0.15) is 0 Å². The summed E-state index contributed by atoms with van der Waals surface area (Å²) >= 11 is 0. The molecule has 26 heavy (non-hydrogen) atoms. The smallest absolute Gasteiger partial charge is 0.272 e. The second kappa shape index (κ2) is 8.93. The van der Waals surface area contributed by atoms with Crippen molar-refractivity contribution in [3.8, 4) is 5.75 Å². The van der Waals surface area contributed by atoms with Crippen LogP contribution in [-0.4, -0.2) is 32.7 Å². The first-order valence-electron chi connectivity index (χ1n) is 8.21. The maximum absolute atomic E-state index is 12.5. The van der Waals surface area contributed by atoms with Crippen LogP contribution in [0.3, 0.4) is 0 Å². The van der Waals surface area contributed by atoms with Gasteiger partial charge in [-0.15, -0.1) is 0 Å². The highest BCUT2D eigenvalue weighted by molar-refractivity contribution is 7.92. The van der Waals surface area contributed by atoms with Gasteiger partial charge in [-0.1, -0.05) is 19.4 Å². The highest BCUT2D eigenvalue weighted by Crippen LogP contribution is 2.29. The molecule has 0 spiro atoms. The average molecular weight is 384 g/mol. The molecule has 0 saturated heterocycles. The second-order valence-electron chi connectivity index (χ2n) is 5.87. The summed E-state index contributed by atoms with van der Waals surface area (Å²) < 4.78 is 56.1. The zero-order valence-corrected chi connectivity index (χ0v) is 15.5. The third-order valence-electron chi connectivity index (χ3n) is 3.70. The number of sulfonamides is 1. The number of pyridine rings is 1. The van der Waals surface area contributed by atoms with Crippen LogP contribution in [0.5, 0.6) is 5.75 Å². The fraction of sp³-hybridized carbons (Fsp3) is 0.389. The summed E-state index contributed by atoms with van der Waals surface area (Å²) in [6.07, 6.45) is 3.14. The quantitative estimate of drug-likeness (QED) is 0.662. The van der Waals surface area contributed by atoms with Gasteiger partial charge in [0.15, 0.2) is 0 Å². The van der Waals surface area contributed by atoms with Gasteiger partial charge in [-0.25, -0.2) is 17.2 Å². The summed E-state index contributed by atoms with van der Waals surface area (Å²) in [5.41, 5.74) is 1.90. The molecule has 0 unspecified atom stereocenters. The Morgan fingerprint density at radius 3 is 2.46 bits per heavy atom. The van der Waals surface area contributed by atoms with E-state index < -0.39 is 23.1 Å². The lowest BCUT2D eigenvalue weighted by Gasteiger charge is -2.24. The summed E-state index contributed by atoms with van der Waals surface area (Å²) in [6.45, 7) is 1.35. The van der Waals surface area contributed by atoms with E-state index in [4.69, 9.17) is 4.74 Å². The Balaban J connectivity index is 2.39. The predicted molar refractivity (Wildman–Crippen MR) is 97.2 cm³/mol. The van der Waals surface area contributed by atoms with Crippen molar-refractivity contribution in [2.45, 2.75) is 32.7 Å². The minimum Gasteiger partial charge on any atom is -0.487 e. The third kappa shape index (κ3) is 5.66. The van der Waals surface area contributed by atoms with Crippen molar-refractivity contribution < 1.29 is 21.9 Å². The molecule has 0 aliphatic carbocycles. The SMILES string of the molecule is CCCc1ccc(N(Cc2ccncc2)S(C)(=O)=O)cc1OCC(F)F. The second-order valence-corrected chi connectivity index (χ2v) is 7.78. The lowest BCUT2D eigenvalue weighted by molar-refractivity contribution is 0.0814. The number of aryl methyl sites for hydroxylation is 1. The number of anilines is 1. The number of ether oxygens (including phenoxy) is 1. The Labute approximate surface area is 152 Å². The first-order chi connectivity index (χ1) is 12.3. The van der Waals surface area contributed by atoms with E-state index in [2.05, 4.69) is 4.98 Å². The number of hydrogen-bond donors (Lipinski definition) is 0. The lowest BCUT2D eigenvalue weighted by Crippen LogP contribution is -2.29. The van der Waals surface area contributed by atoms with Crippen molar-refractivity contribution in [2.24, 2.45) is 0 Å². The Morgan fingerprint density at radius 1 is 1.19 bits per heavy atom. The molecule has 1 aromatic carbocycles. The molecule has 0 N–H and O–H groups in total. The van der Waals surface area contributed by atoms with Gasteiger partial charge in [-0.05, 0) is 35.7 Å². The predicted octanol–water partition coefficient (Wildman–Crippen LogP) is 3.64. The Kier molecular flexibility index (Phi) is 6.90. The number of benzene rings is 1. The zero-order chi connectivity index (χ0) is 19.2. The van der Waals surface area contributed by atoms with Gasteiger partial charge < -0.3 is 4.74 Å². The molecule has 0 fully saturated rings. The van der Waals surface area contributed by atoms with Crippen molar-refractivity contribution in [2.75, 3.05) is 17.2 Å². The third-order valence-corrected chi connectivity index (χ3v) is 4.84. The van der Waals surface area contributed by atoms with E-state index in [1.807, 2.05) is 6.92 Å². The van der Waals surface area contributed by atoms with Gasteiger partial charge in [0.2, 0.25) is 10.0 Å².